The number of carbonyl (C=O) groups is 1. The van der Waals surface area contributed by atoms with Crippen LogP contribution < -0.4 is 5.73 Å². The van der Waals surface area contributed by atoms with Crippen LogP contribution in [-0.2, 0) is 4.79 Å². The second-order valence-corrected chi connectivity index (χ2v) is 6.07. The Morgan fingerprint density at radius 1 is 1.26 bits per heavy atom. The second-order valence-electron chi connectivity index (χ2n) is 6.07. The van der Waals surface area contributed by atoms with E-state index in [0.717, 1.165) is 38.8 Å². The minimum atomic E-state index is -0.278. The molecule has 0 aromatic heterocycles. The van der Waals surface area contributed by atoms with E-state index in [-0.39, 0.29) is 11.9 Å². The summed E-state index contributed by atoms with van der Waals surface area (Å²) in [5.74, 6) is 0.174. The molecule has 2 aliphatic rings. The number of rotatable bonds is 5. The van der Waals surface area contributed by atoms with Crippen LogP contribution in [0, 0.1) is 0 Å². The predicted molar refractivity (Wildman–Crippen MR) is 77.9 cm³/mol. The number of unbranched alkanes of at least 4 members (excludes halogenated alkanes) is 1. The lowest BCUT2D eigenvalue weighted by Crippen LogP contribution is -2.45. The van der Waals surface area contributed by atoms with Crippen molar-refractivity contribution in [3.8, 4) is 0 Å². The highest BCUT2D eigenvalue weighted by atomic mass is 16.2. The first-order chi connectivity index (χ1) is 9.22. The topological polar surface area (TPSA) is 49.6 Å². The predicted octanol–water partition coefficient (Wildman–Crippen LogP) is 1.59. The SMILES string of the molecule is CCCCC(N)C(=O)N1CCC(N2CCCCC2)C1. The maximum atomic E-state index is 12.3. The lowest BCUT2D eigenvalue weighted by molar-refractivity contribution is -0.131. The molecule has 2 fully saturated rings. The molecule has 0 spiro atoms. The fourth-order valence-corrected chi connectivity index (χ4v) is 3.31. The molecule has 1 amide bonds. The molecule has 0 aromatic rings. The van der Waals surface area contributed by atoms with Crippen LogP contribution in [0.15, 0.2) is 0 Å². The van der Waals surface area contributed by atoms with E-state index in [1.807, 2.05) is 4.90 Å². The summed E-state index contributed by atoms with van der Waals surface area (Å²) in [5.41, 5.74) is 6.00. The van der Waals surface area contributed by atoms with Crippen LogP contribution in [0.25, 0.3) is 0 Å². The number of nitrogens with zero attached hydrogens (tertiary/aromatic N) is 2. The standard InChI is InChI=1S/C15H29N3O/c1-2-3-7-14(16)15(19)18-11-8-13(12-18)17-9-5-4-6-10-17/h13-14H,2-12,16H2,1H3. The zero-order valence-electron chi connectivity index (χ0n) is 12.3. The molecule has 0 aliphatic carbocycles. The first-order valence-electron chi connectivity index (χ1n) is 8.00. The van der Waals surface area contributed by atoms with Gasteiger partial charge in [0.2, 0.25) is 5.91 Å². The minimum Gasteiger partial charge on any atom is -0.340 e. The van der Waals surface area contributed by atoms with Gasteiger partial charge in [0.1, 0.15) is 0 Å². The number of piperidine rings is 1. The average molecular weight is 267 g/mol. The van der Waals surface area contributed by atoms with Crippen LogP contribution in [0.2, 0.25) is 0 Å². The zero-order valence-corrected chi connectivity index (χ0v) is 12.3. The van der Waals surface area contributed by atoms with Gasteiger partial charge < -0.3 is 10.6 Å². The van der Waals surface area contributed by atoms with Crippen LogP contribution in [0.4, 0.5) is 0 Å². The maximum Gasteiger partial charge on any atom is 0.239 e. The van der Waals surface area contributed by atoms with E-state index in [0.29, 0.717) is 6.04 Å². The molecular weight excluding hydrogens is 238 g/mol. The molecule has 4 nitrogen and oxygen atoms in total. The molecular formula is C15H29N3O. The Morgan fingerprint density at radius 2 is 2.00 bits per heavy atom. The molecule has 2 unspecified atom stereocenters. The van der Waals surface area contributed by atoms with Crippen LogP contribution in [0.5, 0.6) is 0 Å². The van der Waals surface area contributed by atoms with Gasteiger partial charge in [-0.25, -0.2) is 0 Å². The van der Waals surface area contributed by atoms with Gasteiger partial charge in [0.15, 0.2) is 0 Å². The van der Waals surface area contributed by atoms with Crippen LogP contribution in [0.3, 0.4) is 0 Å². The second kappa shape index (κ2) is 7.25. The highest BCUT2D eigenvalue weighted by Gasteiger charge is 2.32. The van der Waals surface area contributed by atoms with E-state index in [1.54, 1.807) is 0 Å². The molecule has 2 saturated heterocycles. The van der Waals surface area contributed by atoms with E-state index in [2.05, 4.69) is 11.8 Å². The Balaban J connectivity index is 1.78. The van der Waals surface area contributed by atoms with Crippen LogP contribution in [0.1, 0.15) is 51.9 Å². The number of hydrogen-bond acceptors (Lipinski definition) is 3. The van der Waals surface area contributed by atoms with Crippen molar-refractivity contribution in [1.29, 1.82) is 0 Å². The number of hydrogen-bond donors (Lipinski definition) is 1. The van der Waals surface area contributed by atoms with Gasteiger partial charge >= 0.3 is 0 Å². The largest absolute Gasteiger partial charge is 0.340 e. The Bertz CT molecular complexity index is 289. The monoisotopic (exact) mass is 267 g/mol. The van der Waals surface area contributed by atoms with Gasteiger partial charge in [0.25, 0.3) is 0 Å². The lowest BCUT2D eigenvalue weighted by atomic mass is 10.1. The van der Waals surface area contributed by atoms with Gasteiger partial charge in [-0.15, -0.1) is 0 Å². The van der Waals surface area contributed by atoms with E-state index in [1.165, 1.54) is 32.4 Å². The summed E-state index contributed by atoms with van der Waals surface area (Å²) in [7, 11) is 0. The van der Waals surface area contributed by atoms with Gasteiger partial charge in [0.05, 0.1) is 6.04 Å². The molecule has 2 atom stereocenters. The normalized spacial score (nSPS) is 26.6. The molecule has 19 heavy (non-hydrogen) atoms. The Kier molecular flexibility index (Phi) is 5.64. The minimum absolute atomic E-state index is 0.174. The molecule has 110 valence electrons. The highest BCUT2D eigenvalue weighted by Crippen LogP contribution is 2.20. The smallest absolute Gasteiger partial charge is 0.239 e. The zero-order chi connectivity index (χ0) is 13.7. The lowest BCUT2D eigenvalue weighted by Gasteiger charge is -2.32. The van der Waals surface area contributed by atoms with Crippen molar-refractivity contribution in [2.24, 2.45) is 5.73 Å². The molecule has 0 aromatic carbocycles. The number of nitrogens with two attached hydrogens (primary N) is 1. The summed E-state index contributed by atoms with van der Waals surface area (Å²) in [6.45, 7) is 6.38. The average Bonchev–Trinajstić information content (AvgIpc) is 2.94. The van der Waals surface area contributed by atoms with Gasteiger partial charge in [-0.3, -0.25) is 9.69 Å². The van der Waals surface area contributed by atoms with Gasteiger partial charge in [-0.1, -0.05) is 26.2 Å². The molecule has 2 aliphatic heterocycles. The third kappa shape index (κ3) is 3.93. The van der Waals surface area contributed by atoms with Crippen LogP contribution in [-0.4, -0.2) is 54.0 Å². The first kappa shape index (κ1) is 14.8. The van der Waals surface area contributed by atoms with E-state index in [4.69, 9.17) is 5.73 Å². The van der Waals surface area contributed by atoms with Gasteiger partial charge in [-0.05, 0) is 38.8 Å². The van der Waals surface area contributed by atoms with E-state index in [9.17, 15) is 4.79 Å². The van der Waals surface area contributed by atoms with Crippen molar-refractivity contribution in [2.75, 3.05) is 26.2 Å². The summed E-state index contributed by atoms with van der Waals surface area (Å²) in [6, 6.07) is 0.308. The summed E-state index contributed by atoms with van der Waals surface area (Å²) in [6.07, 6.45) is 8.13. The Morgan fingerprint density at radius 3 is 2.68 bits per heavy atom. The fourth-order valence-electron chi connectivity index (χ4n) is 3.31. The van der Waals surface area contributed by atoms with Crippen LogP contribution >= 0.6 is 0 Å². The van der Waals surface area contributed by atoms with Crippen molar-refractivity contribution >= 4 is 5.91 Å². The third-order valence-corrected chi connectivity index (χ3v) is 4.57. The summed E-state index contributed by atoms with van der Waals surface area (Å²) in [4.78, 5) is 16.8. The quantitative estimate of drug-likeness (QED) is 0.823. The van der Waals surface area contributed by atoms with Crippen molar-refractivity contribution in [1.82, 2.24) is 9.80 Å². The van der Waals surface area contributed by atoms with Crippen molar-refractivity contribution in [3.05, 3.63) is 0 Å². The number of amides is 1. The molecule has 4 heteroatoms. The van der Waals surface area contributed by atoms with Crippen molar-refractivity contribution < 1.29 is 4.79 Å². The van der Waals surface area contributed by atoms with Gasteiger partial charge in [-0.2, -0.15) is 0 Å². The first-order valence-corrected chi connectivity index (χ1v) is 8.00. The third-order valence-electron chi connectivity index (χ3n) is 4.57. The molecule has 0 saturated carbocycles. The number of likely N-dealkylation sites (tertiary alicyclic amines) is 2. The molecule has 2 rings (SSSR count). The van der Waals surface area contributed by atoms with Crippen molar-refractivity contribution in [2.45, 2.75) is 64.0 Å². The summed E-state index contributed by atoms with van der Waals surface area (Å²) in [5, 5.41) is 0. The maximum absolute atomic E-state index is 12.3. The highest BCUT2D eigenvalue weighted by molar-refractivity contribution is 5.81. The molecule has 2 heterocycles. The molecule has 2 N–H and O–H groups in total. The fraction of sp³-hybridized carbons (Fsp3) is 0.933. The van der Waals surface area contributed by atoms with E-state index < -0.39 is 0 Å². The number of carbonyl (C=O) groups excluding carboxylic acids is 1. The molecule has 0 radical (unpaired) electrons. The summed E-state index contributed by atoms with van der Waals surface area (Å²) >= 11 is 0. The summed E-state index contributed by atoms with van der Waals surface area (Å²) < 4.78 is 0. The molecule has 0 bridgehead atoms. The Hall–Kier alpha value is -0.610. The van der Waals surface area contributed by atoms with E-state index >= 15 is 0 Å². The Labute approximate surface area is 117 Å². The van der Waals surface area contributed by atoms with Crippen molar-refractivity contribution in [3.63, 3.8) is 0 Å². The van der Waals surface area contributed by atoms with Gasteiger partial charge in [0, 0.05) is 19.1 Å².